The van der Waals surface area contributed by atoms with Crippen LogP contribution < -0.4 is 11.3 Å². The predicted octanol–water partition coefficient (Wildman–Crippen LogP) is 1.41. The molecule has 2 aromatic heterocycles. The van der Waals surface area contributed by atoms with Crippen LogP contribution in [-0.4, -0.2) is 62.9 Å². The number of fused-ring (bicyclic) bond motifs is 1. The van der Waals surface area contributed by atoms with E-state index in [1.165, 1.54) is 28.7 Å². The van der Waals surface area contributed by atoms with E-state index in [4.69, 9.17) is 5.73 Å². The quantitative estimate of drug-likeness (QED) is 0.789. The van der Waals surface area contributed by atoms with Crippen LogP contribution in [0.25, 0.3) is 10.2 Å². The summed E-state index contributed by atoms with van der Waals surface area (Å²) >= 11 is 1.50. The van der Waals surface area contributed by atoms with Gasteiger partial charge < -0.3 is 10.6 Å². The maximum Gasteiger partial charge on any atom is 0.262 e. The van der Waals surface area contributed by atoms with Crippen LogP contribution in [0.15, 0.2) is 11.1 Å². The molecule has 0 unspecified atom stereocenters. The number of likely N-dealkylation sites (tertiary alicyclic amines) is 2. The molecule has 0 aliphatic carbocycles. The Labute approximate surface area is 179 Å². The van der Waals surface area contributed by atoms with Gasteiger partial charge in [0.2, 0.25) is 11.8 Å². The Hall–Kier alpha value is -2.26. The molecule has 8 nitrogen and oxygen atoms in total. The van der Waals surface area contributed by atoms with E-state index in [1.807, 2.05) is 13.8 Å². The standard InChI is InChI=1S/C21H29N5O3S/c1-14-15(2)30-18-17(14)19(28)25(13-23-18)12-16(27)24-10-6-21(7-11-24,20(22)29)26-8-4-3-5-9-26/h13H,3-12H2,1-2H3,(H2,22,29). The van der Waals surface area contributed by atoms with Crippen molar-refractivity contribution >= 4 is 33.4 Å². The van der Waals surface area contributed by atoms with Gasteiger partial charge in [-0.2, -0.15) is 0 Å². The van der Waals surface area contributed by atoms with E-state index < -0.39 is 5.54 Å². The molecule has 2 amide bonds. The number of rotatable bonds is 4. The lowest BCUT2D eigenvalue weighted by atomic mass is 9.83. The Kier molecular flexibility index (Phi) is 5.67. The largest absolute Gasteiger partial charge is 0.368 e. The fraction of sp³-hybridized carbons (Fsp3) is 0.619. The molecule has 2 aliphatic heterocycles. The van der Waals surface area contributed by atoms with Crippen LogP contribution in [0.3, 0.4) is 0 Å². The number of piperidine rings is 2. The molecule has 2 N–H and O–H groups in total. The van der Waals surface area contributed by atoms with E-state index in [0.29, 0.717) is 36.1 Å². The molecule has 4 rings (SSSR count). The zero-order valence-electron chi connectivity index (χ0n) is 17.6. The van der Waals surface area contributed by atoms with Gasteiger partial charge in [-0.3, -0.25) is 23.9 Å². The van der Waals surface area contributed by atoms with Gasteiger partial charge in [-0.05, 0) is 58.2 Å². The van der Waals surface area contributed by atoms with Gasteiger partial charge in [-0.25, -0.2) is 4.98 Å². The van der Waals surface area contributed by atoms with Crippen LogP contribution in [0.1, 0.15) is 42.5 Å². The highest BCUT2D eigenvalue weighted by Gasteiger charge is 2.45. The molecule has 4 heterocycles. The molecule has 0 bridgehead atoms. The Morgan fingerprint density at radius 3 is 2.43 bits per heavy atom. The smallest absolute Gasteiger partial charge is 0.262 e. The minimum absolute atomic E-state index is 0.0383. The third-order valence-electron chi connectivity index (χ3n) is 6.82. The van der Waals surface area contributed by atoms with Gasteiger partial charge in [0.1, 0.15) is 16.9 Å². The molecule has 0 radical (unpaired) electrons. The maximum absolute atomic E-state index is 12.9. The van der Waals surface area contributed by atoms with Crippen LogP contribution in [0.2, 0.25) is 0 Å². The third-order valence-corrected chi connectivity index (χ3v) is 7.94. The summed E-state index contributed by atoms with van der Waals surface area (Å²) in [5.74, 6) is -0.412. The zero-order valence-corrected chi connectivity index (χ0v) is 18.5. The van der Waals surface area contributed by atoms with E-state index in [1.54, 1.807) is 4.90 Å². The summed E-state index contributed by atoms with van der Waals surface area (Å²) in [6.07, 6.45) is 5.90. The Bertz CT molecular complexity index is 1030. The first kappa shape index (κ1) is 21.0. The Morgan fingerprint density at radius 1 is 1.13 bits per heavy atom. The number of aromatic nitrogens is 2. The van der Waals surface area contributed by atoms with Gasteiger partial charge in [0, 0.05) is 18.0 Å². The number of nitrogens with zero attached hydrogens (tertiary/aromatic N) is 4. The summed E-state index contributed by atoms with van der Waals surface area (Å²) in [6.45, 7) is 6.56. The second-order valence-corrected chi connectivity index (χ2v) is 9.67. The molecule has 0 saturated carbocycles. The summed E-state index contributed by atoms with van der Waals surface area (Å²) in [5, 5.41) is 0.601. The summed E-state index contributed by atoms with van der Waals surface area (Å²) in [5.41, 5.74) is 5.93. The lowest BCUT2D eigenvalue weighted by Gasteiger charge is -2.48. The van der Waals surface area contributed by atoms with Crippen molar-refractivity contribution in [3.8, 4) is 0 Å². The van der Waals surface area contributed by atoms with Crippen LogP contribution in [-0.2, 0) is 16.1 Å². The second-order valence-electron chi connectivity index (χ2n) is 8.47. The van der Waals surface area contributed by atoms with E-state index in [9.17, 15) is 14.4 Å². The highest BCUT2D eigenvalue weighted by molar-refractivity contribution is 7.18. The third kappa shape index (κ3) is 3.54. The minimum Gasteiger partial charge on any atom is -0.368 e. The zero-order chi connectivity index (χ0) is 21.5. The van der Waals surface area contributed by atoms with Crippen LogP contribution in [0.4, 0.5) is 0 Å². The van der Waals surface area contributed by atoms with E-state index in [0.717, 1.165) is 36.4 Å². The number of carbonyl (C=O) groups is 2. The fourth-order valence-corrected chi connectivity index (χ4v) is 5.78. The molecular formula is C21H29N5O3S. The predicted molar refractivity (Wildman–Crippen MR) is 117 cm³/mol. The number of amides is 2. The topological polar surface area (TPSA) is 102 Å². The molecule has 0 atom stereocenters. The minimum atomic E-state index is -0.653. The molecule has 162 valence electrons. The molecule has 2 aliphatic rings. The Balaban J connectivity index is 1.47. The first-order chi connectivity index (χ1) is 14.3. The fourth-order valence-electron chi connectivity index (χ4n) is 4.79. The van der Waals surface area contributed by atoms with E-state index in [2.05, 4.69) is 9.88 Å². The maximum atomic E-state index is 12.9. The molecule has 0 spiro atoms. The molecule has 9 heteroatoms. The van der Waals surface area contributed by atoms with Crippen molar-refractivity contribution in [2.75, 3.05) is 26.2 Å². The number of nitrogens with two attached hydrogens (primary N) is 1. The van der Waals surface area contributed by atoms with Gasteiger partial charge in [0.15, 0.2) is 0 Å². The first-order valence-corrected chi connectivity index (χ1v) is 11.4. The van der Waals surface area contributed by atoms with Crippen molar-refractivity contribution < 1.29 is 9.59 Å². The van der Waals surface area contributed by atoms with Crippen LogP contribution in [0.5, 0.6) is 0 Å². The summed E-state index contributed by atoms with van der Waals surface area (Å²) in [4.78, 5) is 48.3. The van der Waals surface area contributed by atoms with Crippen molar-refractivity contribution in [3.05, 3.63) is 27.1 Å². The molecule has 2 aromatic rings. The van der Waals surface area contributed by atoms with Gasteiger partial charge in [-0.15, -0.1) is 11.3 Å². The summed E-state index contributed by atoms with van der Waals surface area (Å²) in [7, 11) is 0. The van der Waals surface area contributed by atoms with Crippen molar-refractivity contribution in [1.82, 2.24) is 19.4 Å². The molecule has 0 aromatic carbocycles. The molecule has 2 saturated heterocycles. The van der Waals surface area contributed by atoms with Gasteiger partial charge in [-0.1, -0.05) is 6.42 Å². The van der Waals surface area contributed by atoms with Crippen molar-refractivity contribution in [3.63, 3.8) is 0 Å². The van der Waals surface area contributed by atoms with E-state index >= 15 is 0 Å². The highest BCUT2D eigenvalue weighted by atomic mass is 32.1. The summed E-state index contributed by atoms with van der Waals surface area (Å²) < 4.78 is 1.39. The average Bonchev–Trinajstić information content (AvgIpc) is 3.05. The number of thiophene rings is 1. The lowest BCUT2D eigenvalue weighted by molar-refractivity contribution is -0.142. The van der Waals surface area contributed by atoms with Gasteiger partial charge >= 0.3 is 0 Å². The molecular weight excluding hydrogens is 402 g/mol. The van der Waals surface area contributed by atoms with Gasteiger partial charge in [0.25, 0.3) is 5.56 Å². The highest BCUT2D eigenvalue weighted by Crippen LogP contribution is 2.31. The number of hydrogen-bond acceptors (Lipinski definition) is 6. The van der Waals surface area contributed by atoms with Gasteiger partial charge in [0.05, 0.1) is 11.7 Å². The number of carbonyl (C=O) groups excluding carboxylic acids is 2. The van der Waals surface area contributed by atoms with Crippen LogP contribution >= 0.6 is 11.3 Å². The number of aryl methyl sites for hydroxylation is 2. The van der Waals surface area contributed by atoms with Crippen molar-refractivity contribution in [2.24, 2.45) is 5.73 Å². The SMILES string of the molecule is Cc1sc2ncn(CC(=O)N3CCC(C(N)=O)(N4CCCCC4)CC3)c(=O)c2c1C. The van der Waals surface area contributed by atoms with Crippen LogP contribution in [0, 0.1) is 13.8 Å². The second kappa shape index (κ2) is 8.11. The van der Waals surface area contributed by atoms with Crippen molar-refractivity contribution in [2.45, 2.75) is 58.0 Å². The molecule has 30 heavy (non-hydrogen) atoms. The average molecular weight is 432 g/mol. The normalized spacial score (nSPS) is 19.9. The first-order valence-electron chi connectivity index (χ1n) is 10.6. The van der Waals surface area contributed by atoms with Crippen molar-refractivity contribution in [1.29, 1.82) is 0 Å². The summed E-state index contributed by atoms with van der Waals surface area (Å²) in [6, 6.07) is 0. The van der Waals surface area contributed by atoms with E-state index in [-0.39, 0.29) is 23.9 Å². The number of hydrogen-bond donors (Lipinski definition) is 1. The monoisotopic (exact) mass is 431 g/mol. The Morgan fingerprint density at radius 2 is 1.80 bits per heavy atom. The number of primary amides is 1. The molecule has 2 fully saturated rings. The lowest BCUT2D eigenvalue weighted by Crippen LogP contribution is -2.63.